The van der Waals surface area contributed by atoms with Crippen molar-refractivity contribution in [2.75, 3.05) is 18.2 Å². The zero-order valence-electron chi connectivity index (χ0n) is 10.3. The summed E-state index contributed by atoms with van der Waals surface area (Å²) in [6.45, 7) is 0.614. The number of anilines is 1. The number of rotatable bonds is 4. The van der Waals surface area contributed by atoms with Crippen molar-refractivity contribution in [3.63, 3.8) is 0 Å². The van der Waals surface area contributed by atoms with Crippen LogP contribution in [0.2, 0.25) is 0 Å². The maximum atomic E-state index is 13.1. The van der Waals surface area contributed by atoms with Crippen molar-refractivity contribution in [3.05, 3.63) is 47.9 Å². The van der Waals surface area contributed by atoms with Gasteiger partial charge in [0.2, 0.25) is 0 Å². The summed E-state index contributed by atoms with van der Waals surface area (Å²) in [7, 11) is 1.93. The van der Waals surface area contributed by atoms with Crippen molar-refractivity contribution in [3.8, 4) is 0 Å². The highest BCUT2D eigenvalue weighted by Crippen LogP contribution is 2.16. The third-order valence-corrected chi connectivity index (χ3v) is 3.06. The lowest BCUT2D eigenvalue weighted by Crippen LogP contribution is -2.18. The van der Waals surface area contributed by atoms with Gasteiger partial charge in [0.05, 0.1) is 0 Å². The van der Waals surface area contributed by atoms with E-state index in [2.05, 4.69) is 9.97 Å². The first-order valence-corrected chi connectivity index (χ1v) is 6.74. The van der Waals surface area contributed by atoms with E-state index in [4.69, 9.17) is 0 Å². The van der Waals surface area contributed by atoms with Crippen LogP contribution >= 0.6 is 11.8 Å². The third kappa shape index (κ3) is 3.20. The zero-order chi connectivity index (χ0) is 13.0. The molecule has 5 heteroatoms. The molecule has 0 aliphatic carbocycles. The molecule has 0 spiro atoms. The molecular weight excluding hydrogens is 249 g/mol. The number of nitrogens with zero attached hydrogens (tertiary/aromatic N) is 3. The molecule has 0 fully saturated rings. The average molecular weight is 263 g/mol. The van der Waals surface area contributed by atoms with Crippen LogP contribution in [0.4, 0.5) is 10.2 Å². The smallest absolute Gasteiger partial charge is 0.189 e. The van der Waals surface area contributed by atoms with Gasteiger partial charge in [0, 0.05) is 19.8 Å². The number of benzene rings is 1. The number of halogens is 1. The van der Waals surface area contributed by atoms with Crippen molar-refractivity contribution in [1.82, 2.24) is 9.97 Å². The Balaban J connectivity index is 2.13. The van der Waals surface area contributed by atoms with Crippen LogP contribution < -0.4 is 4.90 Å². The zero-order valence-corrected chi connectivity index (χ0v) is 11.1. The van der Waals surface area contributed by atoms with Gasteiger partial charge in [0.1, 0.15) is 11.6 Å². The van der Waals surface area contributed by atoms with Crippen LogP contribution in [0.5, 0.6) is 0 Å². The Hall–Kier alpha value is -1.62. The van der Waals surface area contributed by atoms with Gasteiger partial charge >= 0.3 is 0 Å². The van der Waals surface area contributed by atoms with E-state index in [-0.39, 0.29) is 5.82 Å². The Kier molecular flexibility index (Phi) is 4.15. The largest absolute Gasteiger partial charge is 0.355 e. The van der Waals surface area contributed by atoms with Gasteiger partial charge in [-0.1, -0.05) is 23.9 Å². The fourth-order valence-electron chi connectivity index (χ4n) is 1.63. The van der Waals surface area contributed by atoms with E-state index >= 15 is 0 Å². The molecule has 0 amide bonds. The summed E-state index contributed by atoms with van der Waals surface area (Å²) in [5.74, 6) is 0.618. The number of thioether (sulfide) groups is 1. The monoisotopic (exact) mass is 263 g/mol. The highest BCUT2D eigenvalue weighted by Gasteiger charge is 2.05. The first-order chi connectivity index (χ1) is 8.69. The predicted molar refractivity (Wildman–Crippen MR) is 72.3 cm³/mol. The molecule has 0 aliphatic heterocycles. The molecule has 2 aromatic rings. The second-order valence-electron chi connectivity index (χ2n) is 3.89. The SMILES string of the molecule is CSc1nccc(N(C)Cc2cccc(F)c2)n1. The van der Waals surface area contributed by atoms with E-state index in [9.17, 15) is 4.39 Å². The highest BCUT2D eigenvalue weighted by molar-refractivity contribution is 7.98. The number of hydrogen-bond donors (Lipinski definition) is 0. The molecule has 1 aromatic heterocycles. The van der Waals surface area contributed by atoms with Gasteiger partial charge in [-0.2, -0.15) is 0 Å². The highest BCUT2D eigenvalue weighted by atomic mass is 32.2. The molecule has 0 aliphatic rings. The molecule has 1 heterocycles. The first-order valence-electron chi connectivity index (χ1n) is 5.51. The Morgan fingerprint density at radius 1 is 1.33 bits per heavy atom. The summed E-state index contributed by atoms with van der Waals surface area (Å²) >= 11 is 1.50. The first kappa shape index (κ1) is 12.8. The van der Waals surface area contributed by atoms with Crippen molar-refractivity contribution >= 4 is 17.6 Å². The Labute approximate surface area is 110 Å². The van der Waals surface area contributed by atoms with Crippen molar-refractivity contribution in [2.45, 2.75) is 11.7 Å². The summed E-state index contributed by atoms with van der Waals surface area (Å²) in [6.07, 6.45) is 3.67. The van der Waals surface area contributed by atoms with Crippen LogP contribution in [0.15, 0.2) is 41.7 Å². The lowest BCUT2D eigenvalue weighted by Gasteiger charge is -2.18. The van der Waals surface area contributed by atoms with Crippen LogP contribution in [0.25, 0.3) is 0 Å². The fraction of sp³-hybridized carbons (Fsp3) is 0.231. The summed E-state index contributed by atoms with van der Waals surface area (Å²) in [6, 6.07) is 8.44. The minimum Gasteiger partial charge on any atom is -0.355 e. The second kappa shape index (κ2) is 5.82. The Morgan fingerprint density at radius 2 is 2.17 bits per heavy atom. The minimum absolute atomic E-state index is 0.214. The Bertz CT molecular complexity index is 533. The van der Waals surface area contributed by atoms with Crippen LogP contribution in [0.1, 0.15) is 5.56 Å². The van der Waals surface area contributed by atoms with Gasteiger partial charge in [0.15, 0.2) is 5.16 Å². The maximum Gasteiger partial charge on any atom is 0.189 e. The molecule has 2 rings (SSSR count). The molecular formula is C13H14FN3S. The molecule has 94 valence electrons. The molecule has 0 saturated carbocycles. The quantitative estimate of drug-likeness (QED) is 0.626. The molecule has 3 nitrogen and oxygen atoms in total. The van der Waals surface area contributed by atoms with E-state index in [1.54, 1.807) is 12.3 Å². The third-order valence-electron chi connectivity index (χ3n) is 2.50. The summed E-state index contributed by atoms with van der Waals surface area (Å²) in [4.78, 5) is 10.5. The van der Waals surface area contributed by atoms with Gasteiger partial charge in [-0.15, -0.1) is 0 Å². The molecule has 0 N–H and O–H groups in total. The van der Waals surface area contributed by atoms with E-state index in [1.807, 2.05) is 30.3 Å². The summed E-state index contributed by atoms with van der Waals surface area (Å²) in [5, 5.41) is 0.735. The Morgan fingerprint density at radius 3 is 2.89 bits per heavy atom. The predicted octanol–water partition coefficient (Wildman–Crippen LogP) is 2.97. The lowest BCUT2D eigenvalue weighted by atomic mass is 10.2. The van der Waals surface area contributed by atoms with Gasteiger partial charge in [-0.3, -0.25) is 0 Å². The minimum atomic E-state index is -0.214. The molecule has 0 unspecified atom stereocenters. The number of hydrogen-bond acceptors (Lipinski definition) is 4. The fourth-order valence-corrected chi connectivity index (χ4v) is 1.98. The molecule has 0 radical (unpaired) electrons. The number of aromatic nitrogens is 2. The topological polar surface area (TPSA) is 29.0 Å². The van der Waals surface area contributed by atoms with Gasteiger partial charge in [-0.25, -0.2) is 14.4 Å². The second-order valence-corrected chi connectivity index (χ2v) is 4.66. The van der Waals surface area contributed by atoms with Crippen LogP contribution in [0.3, 0.4) is 0 Å². The van der Waals surface area contributed by atoms with Crippen molar-refractivity contribution in [1.29, 1.82) is 0 Å². The van der Waals surface area contributed by atoms with Crippen LogP contribution in [-0.2, 0) is 6.54 Å². The van der Waals surface area contributed by atoms with Crippen molar-refractivity contribution in [2.24, 2.45) is 0 Å². The van der Waals surface area contributed by atoms with Gasteiger partial charge in [-0.05, 0) is 30.0 Å². The molecule has 1 aromatic carbocycles. The normalized spacial score (nSPS) is 10.4. The van der Waals surface area contributed by atoms with E-state index in [0.29, 0.717) is 6.54 Å². The van der Waals surface area contributed by atoms with E-state index in [0.717, 1.165) is 16.5 Å². The maximum absolute atomic E-state index is 13.1. The molecule has 0 bridgehead atoms. The summed E-state index contributed by atoms with van der Waals surface area (Å²) < 4.78 is 13.1. The van der Waals surface area contributed by atoms with Crippen LogP contribution in [0, 0.1) is 5.82 Å². The van der Waals surface area contributed by atoms with E-state index in [1.165, 1.54) is 23.9 Å². The molecule has 0 atom stereocenters. The average Bonchev–Trinajstić information content (AvgIpc) is 2.39. The molecule has 18 heavy (non-hydrogen) atoms. The van der Waals surface area contributed by atoms with Gasteiger partial charge < -0.3 is 4.90 Å². The van der Waals surface area contributed by atoms with Crippen molar-refractivity contribution < 1.29 is 4.39 Å². The summed E-state index contributed by atoms with van der Waals surface area (Å²) in [5.41, 5.74) is 0.918. The standard InChI is InChI=1S/C13H14FN3S/c1-17(9-10-4-3-5-11(14)8-10)12-6-7-15-13(16-12)18-2/h3-8H,9H2,1-2H3. The van der Waals surface area contributed by atoms with Crippen LogP contribution in [-0.4, -0.2) is 23.3 Å². The van der Waals surface area contributed by atoms with E-state index < -0.39 is 0 Å². The van der Waals surface area contributed by atoms with Gasteiger partial charge in [0.25, 0.3) is 0 Å². The lowest BCUT2D eigenvalue weighted by molar-refractivity contribution is 0.625. The molecule has 0 saturated heterocycles.